The Hall–Kier alpha value is -7.99. The number of nitrogens with zero attached hydrogens (tertiary/aromatic N) is 1. The highest BCUT2D eigenvalue weighted by Crippen LogP contribution is 2.38. The first-order chi connectivity index (χ1) is 31.4. The lowest BCUT2D eigenvalue weighted by Gasteiger charge is -2.17. The van der Waals surface area contributed by atoms with Gasteiger partial charge < -0.3 is 42.7 Å². The molecule has 0 aliphatic heterocycles. The number of ether oxygens (including phenoxy) is 8. The first kappa shape index (κ1) is 55.0. The number of methoxy groups -OCH3 is 2. The summed E-state index contributed by atoms with van der Waals surface area (Å²) in [5, 5.41) is 12.0. The Bertz CT molecular complexity index is 2330. The number of rotatable bonds is 26. The summed E-state index contributed by atoms with van der Waals surface area (Å²) in [7, 11) is 2.74. The molecule has 0 radical (unpaired) electrons. The topological polar surface area (TPSA) is 202 Å². The maximum Gasteiger partial charge on any atom is 0.508 e. The minimum absolute atomic E-state index is 0.00607. The molecule has 1 aromatic rings. The predicted molar refractivity (Wildman–Crippen MR) is 234 cm³/mol. The van der Waals surface area contributed by atoms with Gasteiger partial charge in [0.25, 0.3) is 5.69 Å². The quantitative estimate of drug-likeness (QED) is 0.0218. The molecule has 2 unspecified atom stereocenters. The number of benzene rings is 1. The smallest absolute Gasteiger partial charge is 0.493 e. The molecule has 0 heterocycles. The largest absolute Gasteiger partial charge is 0.508 e. The lowest BCUT2D eigenvalue weighted by molar-refractivity contribution is -0.386. The minimum Gasteiger partial charge on any atom is -0.493 e. The van der Waals surface area contributed by atoms with E-state index < -0.39 is 46.9 Å². The van der Waals surface area contributed by atoms with Crippen molar-refractivity contribution in [2.45, 2.75) is 97.2 Å². The average Bonchev–Trinajstić information content (AvgIpc) is 3.27. The molecule has 1 rings (SSSR count). The number of nitro benzene ring substituents is 1. The molecule has 2 atom stereocenters. The number of esters is 3. The number of unbranched alkanes of at least 4 members (excludes halogenated alkanes) is 5. The molecule has 16 nitrogen and oxygen atoms in total. The fourth-order valence-corrected chi connectivity index (χ4v) is 4.93. The summed E-state index contributed by atoms with van der Waals surface area (Å²) < 4.78 is 41.9. The zero-order chi connectivity index (χ0) is 47.9. The van der Waals surface area contributed by atoms with E-state index in [-0.39, 0.29) is 68.7 Å². The Morgan fingerprint density at radius 2 is 1.18 bits per heavy atom. The molecular formula is C49H49NO15. The van der Waals surface area contributed by atoms with Crippen molar-refractivity contribution in [3.63, 3.8) is 0 Å². The highest BCUT2D eigenvalue weighted by atomic mass is 16.7. The number of hydrogen-bond acceptors (Lipinski definition) is 15. The molecule has 0 spiro atoms. The van der Waals surface area contributed by atoms with Crippen molar-refractivity contribution < 1.29 is 66.8 Å². The van der Waals surface area contributed by atoms with Crippen molar-refractivity contribution in [3.8, 4) is 106 Å². The lowest BCUT2D eigenvalue weighted by atomic mass is 10.1. The lowest BCUT2D eigenvalue weighted by Crippen LogP contribution is -2.29. The van der Waals surface area contributed by atoms with E-state index in [0.29, 0.717) is 38.5 Å². The van der Waals surface area contributed by atoms with Crippen LogP contribution in [0.2, 0.25) is 0 Å². The van der Waals surface area contributed by atoms with Gasteiger partial charge in [-0.15, -0.1) is 0 Å². The molecule has 16 heteroatoms. The SMILES string of the molecule is CC#CC#CC#CC#CC#CC#CC#CC#CC(=O)OCCOc1cc([N+](=O)[O-])c(C(C)OC(=O)CCCCCCC(=O)OC(COC)COC(=O)OCCCCCC(C)=O)cc1OC. The first-order valence-corrected chi connectivity index (χ1v) is 20.2. The third-order valence-electron chi connectivity index (χ3n) is 7.87. The van der Waals surface area contributed by atoms with Gasteiger partial charge in [-0.2, -0.15) is 0 Å². The van der Waals surface area contributed by atoms with Crippen molar-refractivity contribution in [3.05, 3.63) is 27.8 Å². The molecule has 0 aromatic heterocycles. The van der Waals surface area contributed by atoms with Crippen LogP contribution in [0.5, 0.6) is 11.5 Å². The normalized spacial score (nSPS) is 9.92. The predicted octanol–water partition coefficient (Wildman–Crippen LogP) is 5.38. The van der Waals surface area contributed by atoms with Gasteiger partial charge >= 0.3 is 24.1 Å². The van der Waals surface area contributed by atoms with Crippen LogP contribution in [0.1, 0.15) is 96.6 Å². The summed E-state index contributed by atoms with van der Waals surface area (Å²) >= 11 is 0. The summed E-state index contributed by atoms with van der Waals surface area (Å²) in [6, 6.07) is 2.45. The van der Waals surface area contributed by atoms with Crippen LogP contribution in [-0.2, 0) is 47.6 Å². The van der Waals surface area contributed by atoms with Crippen LogP contribution in [0.15, 0.2) is 12.1 Å². The molecule has 340 valence electrons. The minimum atomic E-state index is -1.02. The van der Waals surface area contributed by atoms with Crippen molar-refractivity contribution in [1.82, 2.24) is 0 Å². The van der Waals surface area contributed by atoms with Crippen LogP contribution < -0.4 is 9.47 Å². The molecular weight excluding hydrogens is 843 g/mol. The second kappa shape index (κ2) is 35.6. The van der Waals surface area contributed by atoms with Gasteiger partial charge in [0, 0.05) is 32.3 Å². The van der Waals surface area contributed by atoms with Crippen LogP contribution in [0, 0.1) is 105 Å². The molecule has 0 saturated carbocycles. The van der Waals surface area contributed by atoms with E-state index in [0.717, 1.165) is 18.9 Å². The highest BCUT2D eigenvalue weighted by molar-refractivity contribution is 5.89. The van der Waals surface area contributed by atoms with Gasteiger partial charge in [0.05, 0.1) is 36.9 Å². The summed E-state index contributed by atoms with van der Waals surface area (Å²) in [5.41, 5.74) is -0.325. The number of carbonyl (C=O) groups excluding carboxylic acids is 5. The Morgan fingerprint density at radius 3 is 1.74 bits per heavy atom. The van der Waals surface area contributed by atoms with Crippen molar-refractivity contribution in [2.24, 2.45) is 0 Å². The number of hydrogen-bond donors (Lipinski definition) is 0. The fraction of sp³-hybridized carbons (Fsp3) is 0.449. The summed E-state index contributed by atoms with van der Waals surface area (Å²) in [5.74, 6) is 37.2. The molecule has 65 heavy (non-hydrogen) atoms. The van der Waals surface area contributed by atoms with Crippen LogP contribution >= 0.6 is 0 Å². The monoisotopic (exact) mass is 891 g/mol. The molecule has 0 saturated heterocycles. The number of nitro groups is 1. The van der Waals surface area contributed by atoms with Gasteiger partial charge in [-0.05, 0) is 142 Å². The van der Waals surface area contributed by atoms with E-state index in [1.54, 1.807) is 6.92 Å². The van der Waals surface area contributed by atoms with Crippen LogP contribution in [0.25, 0.3) is 0 Å². The van der Waals surface area contributed by atoms with E-state index in [4.69, 9.17) is 37.9 Å². The molecule has 0 aliphatic carbocycles. The molecule has 0 fully saturated rings. The maximum atomic E-state index is 12.6. The molecule has 0 bridgehead atoms. The number of carbonyl (C=O) groups is 5. The Balaban J connectivity index is 2.51. The zero-order valence-electron chi connectivity index (χ0n) is 37.0. The van der Waals surface area contributed by atoms with Gasteiger partial charge in [0.2, 0.25) is 0 Å². The Morgan fingerprint density at radius 1 is 0.631 bits per heavy atom. The van der Waals surface area contributed by atoms with Crippen molar-refractivity contribution >= 4 is 35.5 Å². The van der Waals surface area contributed by atoms with Gasteiger partial charge in [-0.25, -0.2) is 9.59 Å². The van der Waals surface area contributed by atoms with Gasteiger partial charge in [0.1, 0.15) is 31.7 Å². The highest BCUT2D eigenvalue weighted by Gasteiger charge is 2.26. The van der Waals surface area contributed by atoms with Crippen LogP contribution in [-0.4, -0.2) is 88.1 Å². The molecule has 0 aliphatic rings. The molecule has 0 amide bonds. The molecule has 1 aromatic carbocycles. The van der Waals surface area contributed by atoms with E-state index >= 15 is 0 Å². The summed E-state index contributed by atoms with van der Waals surface area (Å²) in [6.07, 6.45) is 2.00. The van der Waals surface area contributed by atoms with Crippen molar-refractivity contribution in [2.75, 3.05) is 47.3 Å². The standard InChI is InChI=1S/C49H49NO15/c1-6-7-8-9-10-11-12-13-14-15-16-17-18-19-24-29-46(52)61-34-33-60-45-36-43(50(56)57)42(35-44(45)59-5)40(3)64-47(53)30-25-20-21-26-31-48(54)65-41(37-58-4)38-63-49(55)62-32-27-22-23-28-39(2)51/h35-36,40-41H,20-23,25-28,30-34,37-38H2,1-5H3. The summed E-state index contributed by atoms with van der Waals surface area (Å²) in [4.78, 5) is 71.1. The second-order valence-electron chi connectivity index (χ2n) is 13.0. The van der Waals surface area contributed by atoms with E-state index in [1.807, 2.05) is 0 Å². The van der Waals surface area contributed by atoms with E-state index in [1.165, 1.54) is 34.1 Å². The number of Topliss-reactive ketones (excluding diaryl/α,β-unsaturated/α-hetero) is 1. The average molecular weight is 892 g/mol. The van der Waals surface area contributed by atoms with E-state index in [9.17, 15) is 34.1 Å². The molecule has 0 N–H and O–H groups in total. The number of ketones is 1. The van der Waals surface area contributed by atoms with Crippen LogP contribution in [0.3, 0.4) is 0 Å². The van der Waals surface area contributed by atoms with E-state index in [2.05, 4.69) is 94.7 Å². The first-order valence-electron chi connectivity index (χ1n) is 20.2. The second-order valence-corrected chi connectivity index (χ2v) is 13.0. The zero-order valence-corrected chi connectivity index (χ0v) is 37.0. The summed E-state index contributed by atoms with van der Waals surface area (Å²) in [6.45, 7) is 4.12. The Labute approximate surface area is 379 Å². The third-order valence-corrected chi connectivity index (χ3v) is 7.87. The maximum absolute atomic E-state index is 12.6. The van der Waals surface area contributed by atoms with Crippen molar-refractivity contribution in [1.29, 1.82) is 0 Å². The Kier molecular flexibility index (Phi) is 30.1. The van der Waals surface area contributed by atoms with Gasteiger partial charge in [0.15, 0.2) is 17.6 Å². The van der Waals surface area contributed by atoms with Crippen LogP contribution in [0.4, 0.5) is 10.5 Å². The fourth-order valence-electron chi connectivity index (χ4n) is 4.93. The van der Waals surface area contributed by atoms with Gasteiger partial charge in [-0.1, -0.05) is 18.8 Å². The third kappa shape index (κ3) is 28.3. The van der Waals surface area contributed by atoms with Gasteiger partial charge in [-0.3, -0.25) is 19.7 Å².